The zero-order chi connectivity index (χ0) is 20.2. The normalized spacial score (nSPS) is 24.8. The highest BCUT2D eigenvalue weighted by Gasteiger charge is 2.37. The number of amides is 2. The van der Waals surface area contributed by atoms with E-state index in [1.165, 1.54) is 12.1 Å². The van der Waals surface area contributed by atoms with Crippen LogP contribution in [0.2, 0.25) is 0 Å². The number of hydrogen-bond acceptors (Lipinski definition) is 5. The van der Waals surface area contributed by atoms with Crippen LogP contribution in [-0.4, -0.2) is 72.8 Å². The molecule has 29 heavy (non-hydrogen) atoms. The monoisotopic (exact) mass is 403 g/mol. The SMILES string of the molecule is O=C(C1CCCN(C(=O)C2CC(Cc3ccc(F)cc3)=NO2)C1)N1CCOCC1. The van der Waals surface area contributed by atoms with Gasteiger partial charge in [0.25, 0.3) is 5.91 Å². The topological polar surface area (TPSA) is 71.4 Å². The molecule has 0 saturated carbocycles. The fraction of sp³-hybridized carbons (Fsp3) is 0.571. The number of benzene rings is 1. The van der Waals surface area contributed by atoms with Crippen LogP contribution in [0.25, 0.3) is 0 Å². The first-order valence-corrected chi connectivity index (χ1v) is 10.2. The molecule has 8 heteroatoms. The third-order valence-electron chi connectivity index (χ3n) is 5.73. The van der Waals surface area contributed by atoms with Crippen LogP contribution in [0.4, 0.5) is 4.39 Å². The maximum Gasteiger partial charge on any atom is 0.266 e. The molecular weight excluding hydrogens is 377 g/mol. The molecule has 0 aliphatic carbocycles. The summed E-state index contributed by atoms with van der Waals surface area (Å²) in [5.41, 5.74) is 1.70. The van der Waals surface area contributed by atoms with Crippen molar-refractivity contribution in [3.05, 3.63) is 35.6 Å². The van der Waals surface area contributed by atoms with Crippen molar-refractivity contribution in [2.75, 3.05) is 39.4 Å². The number of hydrogen-bond donors (Lipinski definition) is 0. The second-order valence-electron chi connectivity index (χ2n) is 7.82. The number of halogens is 1. The predicted octanol–water partition coefficient (Wildman–Crippen LogP) is 1.61. The molecule has 2 atom stereocenters. The molecule has 1 aromatic rings. The Kier molecular flexibility index (Phi) is 6.08. The van der Waals surface area contributed by atoms with Crippen molar-refractivity contribution in [2.24, 2.45) is 11.1 Å². The molecule has 156 valence electrons. The lowest BCUT2D eigenvalue weighted by Gasteiger charge is -2.36. The second-order valence-corrected chi connectivity index (χ2v) is 7.82. The van der Waals surface area contributed by atoms with Crippen LogP contribution in [0.3, 0.4) is 0 Å². The Morgan fingerprint density at radius 1 is 1.07 bits per heavy atom. The quantitative estimate of drug-likeness (QED) is 0.766. The molecule has 0 N–H and O–H groups in total. The Labute approximate surface area is 169 Å². The van der Waals surface area contributed by atoms with Crippen LogP contribution in [0, 0.1) is 11.7 Å². The van der Waals surface area contributed by atoms with Crippen LogP contribution in [0.5, 0.6) is 0 Å². The summed E-state index contributed by atoms with van der Waals surface area (Å²) in [6.07, 6.45) is 1.93. The van der Waals surface area contributed by atoms with Gasteiger partial charge in [0.2, 0.25) is 12.0 Å². The molecular formula is C21H26FN3O4. The van der Waals surface area contributed by atoms with Gasteiger partial charge in [-0.15, -0.1) is 0 Å². The fourth-order valence-corrected chi connectivity index (χ4v) is 4.13. The molecule has 1 aromatic carbocycles. The Morgan fingerprint density at radius 3 is 2.59 bits per heavy atom. The first-order chi connectivity index (χ1) is 14.1. The van der Waals surface area contributed by atoms with Crippen LogP contribution < -0.4 is 0 Å². The van der Waals surface area contributed by atoms with Gasteiger partial charge in [-0.3, -0.25) is 9.59 Å². The van der Waals surface area contributed by atoms with E-state index in [-0.39, 0.29) is 23.5 Å². The first-order valence-electron chi connectivity index (χ1n) is 10.2. The molecule has 0 aromatic heterocycles. The number of rotatable bonds is 4. The van der Waals surface area contributed by atoms with E-state index in [1.807, 2.05) is 4.90 Å². The first kappa shape index (κ1) is 19.8. The van der Waals surface area contributed by atoms with E-state index >= 15 is 0 Å². The van der Waals surface area contributed by atoms with Gasteiger partial charge in [0.1, 0.15) is 5.82 Å². The van der Waals surface area contributed by atoms with Gasteiger partial charge in [0.15, 0.2) is 0 Å². The largest absolute Gasteiger partial charge is 0.382 e. The van der Waals surface area contributed by atoms with Gasteiger partial charge in [-0.2, -0.15) is 0 Å². The summed E-state index contributed by atoms with van der Waals surface area (Å²) in [7, 11) is 0. The summed E-state index contributed by atoms with van der Waals surface area (Å²) in [5.74, 6) is -0.432. The number of carbonyl (C=O) groups is 2. The average Bonchev–Trinajstić information content (AvgIpc) is 3.23. The highest BCUT2D eigenvalue weighted by molar-refractivity contribution is 5.94. The molecule has 2 fully saturated rings. The van der Waals surface area contributed by atoms with E-state index in [2.05, 4.69) is 5.16 Å². The number of carbonyl (C=O) groups excluding carboxylic acids is 2. The molecule has 4 rings (SSSR count). The van der Waals surface area contributed by atoms with Gasteiger partial charge in [0.05, 0.1) is 24.8 Å². The molecule has 2 saturated heterocycles. The highest BCUT2D eigenvalue weighted by Crippen LogP contribution is 2.23. The van der Waals surface area contributed by atoms with Gasteiger partial charge in [0, 0.05) is 39.0 Å². The van der Waals surface area contributed by atoms with Crippen molar-refractivity contribution >= 4 is 17.5 Å². The van der Waals surface area contributed by atoms with Gasteiger partial charge in [-0.25, -0.2) is 4.39 Å². The van der Waals surface area contributed by atoms with Crippen molar-refractivity contribution in [2.45, 2.75) is 31.8 Å². The summed E-state index contributed by atoms with van der Waals surface area (Å²) in [5, 5.41) is 4.06. The third kappa shape index (κ3) is 4.75. The molecule has 0 spiro atoms. The molecule has 2 unspecified atom stereocenters. The number of oxime groups is 1. The molecule has 3 heterocycles. The molecule has 0 radical (unpaired) electrons. The Hall–Kier alpha value is -2.48. The highest BCUT2D eigenvalue weighted by atomic mass is 19.1. The summed E-state index contributed by atoms with van der Waals surface area (Å²) in [6.45, 7) is 3.46. The second kappa shape index (κ2) is 8.90. The Bertz CT molecular complexity index is 777. The molecule has 2 amide bonds. The number of piperidine rings is 1. The number of ether oxygens (including phenoxy) is 1. The Balaban J connectivity index is 1.30. The van der Waals surface area contributed by atoms with Crippen molar-refractivity contribution < 1.29 is 23.6 Å². The summed E-state index contributed by atoms with van der Waals surface area (Å²) in [4.78, 5) is 34.7. The lowest BCUT2D eigenvalue weighted by atomic mass is 9.95. The minimum absolute atomic E-state index is 0.109. The molecule has 0 bridgehead atoms. The van der Waals surface area contributed by atoms with E-state index in [4.69, 9.17) is 9.57 Å². The smallest absolute Gasteiger partial charge is 0.266 e. The Morgan fingerprint density at radius 2 is 1.83 bits per heavy atom. The number of nitrogens with zero attached hydrogens (tertiary/aromatic N) is 3. The van der Waals surface area contributed by atoms with Gasteiger partial charge in [-0.1, -0.05) is 17.3 Å². The van der Waals surface area contributed by atoms with E-state index < -0.39 is 6.10 Å². The van der Waals surface area contributed by atoms with Crippen molar-refractivity contribution in [1.82, 2.24) is 9.80 Å². The molecule has 7 nitrogen and oxygen atoms in total. The van der Waals surface area contributed by atoms with E-state index in [0.29, 0.717) is 52.2 Å². The average molecular weight is 403 g/mol. The molecule has 3 aliphatic heterocycles. The zero-order valence-corrected chi connectivity index (χ0v) is 16.4. The standard InChI is InChI=1S/C21H26FN3O4/c22-17-5-3-15(4-6-17)12-18-13-19(29-23-18)21(27)25-7-1-2-16(14-25)20(26)24-8-10-28-11-9-24/h3-6,16,19H,1-2,7-14H2. The van der Waals surface area contributed by atoms with Gasteiger partial charge in [-0.05, 0) is 30.5 Å². The lowest BCUT2D eigenvalue weighted by molar-refractivity contribution is -0.148. The van der Waals surface area contributed by atoms with Crippen molar-refractivity contribution in [3.8, 4) is 0 Å². The van der Waals surface area contributed by atoms with Crippen molar-refractivity contribution in [1.29, 1.82) is 0 Å². The summed E-state index contributed by atoms with van der Waals surface area (Å²) < 4.78 is 18.4. The minimum atomic E-state index is -0.636. The minimum Gasteiger partial charge on any atom is -0.382 e. The van der Waals surface area contributed by atoms with E-state index in [1.54, 1.807) is 17.0 Å². The predicted molar refractivity (Wildman–Crippen MR) is 104 cm³/mol. The maximum absolute atomic E-state index is 13.0. The maximum atomic E-state index is 13.0. The molecule has 3 aliphatic rings. The van der Waals surface area contributed by atoms with E-state index in [0.717, 1.165) is 24.1 Å². The van der Waals surface area contributed by atoms with Crippen LogP contribution in [-0.2, 0) is 25.6 Å². The number of morpholine rings is 1. The number of likely N-dealkylation sites (tertiary alicyclic amines) is 1. The summed E-state index contributed by atoms with van der Waals surface area (Å²) >= 11 is 0. The van der Waals surface area contributed by atoms with Crippen LogP contribution >= 0.6 is 0 Å². The fourth-order valence-electron chi connectivity index (χ4n) is 4.13. The van der Waals surface area contributed by atoms with Gasteiger partial charge < -0.3 is 19.4 Å². The lowest BCUT2D eigenvalue weighted by Crippen LogP contribution is -2.51. The zero-order valence-electron chi connectivity index (χ0n) is 16.4. The third-order valence-corrected chi connectivity index (χ3v) is 5.73. The summed E-state index contributed by atoms with van der Waals surface area (Å²) in [6, 6.07) is 6.24. The van der Waals surface area contributed by atoms with Crippen LogP contribution in [0.1, 0.15) is 24.8 Å². The van der Waals surface area contributed by atoms with E-state index in [9.17, 15) is 14.0 Å². The van der Waals surface area contributed by atoms with Gasteiger partial charge >= 0.3 is 0 Å². The van der Waals surface area contributed by atoms with Crippen LogP contribution in [0.15, 0.2) is 29.4 Å². The van der Waals surface area contributed by atoms with Crippen molar-refractivity contribution in [3.63, 3.8) is 0 Å².